The highest BCUT2D eigenvalue weighted by Crippen LogP contribution is 2.19. The van der Waals surface area contributed by atoms with Crippen LogP contribution in [0.4, 0.5) is 0 Å². The van der Waals surface area contributed by atoms with Crippen molar-refractivity contribution in [3.05, 3.63) is 54.6 Å². The SMILES string of the molecule is CS(=O)(=O)c1c#ccc(-c2ccccc2)c1. The summed E-state index contributed by atoms with van der Waals surface area (Å²) in [6, 6.07) is 18.3. The fraction of sp³-hybridized carbons (Fsp3) is 0.0769. The first kappa shape index (κ1) is 10.7. The van der Waals surface area contributed by atoms with Crippen molar-refractivity contribution >= 4 is 9.84 Å². The fourth-order valence-corrected chi connectivity index (χ4v) is 1.99. The van der Waals surface area contributed by atoms with E-state index in [1.165, 1.54) is 6.26 Å². The van der Waals surface area contributed by atoms with E-state index in [1.54, 1.807) is 12.1 Å². The van der Waals surface area contributed by atoms with Crippen LogP contribution in [-0.2, 0) is 9.84 Å². The van der Waals surface area contributed by atoms with E-state index in [0.29, 0.717) is 0 Å². The first-order valence-corrected chi connectivity index (χ1v) is 6.65. The van der Waals surface area contributed by atoms with Gasteiger partial charge in [-0.15, -0.1) is 0 Å². The third-order valence-corrected chi connectivity index (χ3v) is 3.24. The Morgan fingerprint density at radius 1 is 1.06 bits per heavy atom. The molecule has 0 unspecified atom stereocenters. The van der Waals surface area contributed by atoms with E-state index in [1.807, 2.05) is 30.3 Å². The molecule has 2 rings (SSSR count). The monoisotopic (exact) mass is 230 g/mol. The van der Waals surface area contributed by atoms with Gasteiger partial charge in [0, 0.05) is 6.26 Å². The average molecular weight is 230 g/mol. The van der Waals surface area contributed by atoms with Crippen LogP contribution in [0.25, 0.3) is 11.1 Å². The molecule has 80 valence electrons. The Morgan fingerprint density at radius 2 is 1.75 bits per heavy atom. The minimum absolute atomic E-state index is 0.175. The normalized spacial score (nSPS) is 10.8. The number of hydrogen-bond donors (Lipinski definition) is 0. The smallest absolute Gasteiger partial charge is 0.183 e. The third-order valence-electron chi connectivity index (χ3n) is 2.22. The molecular weight excluding hydrogens is 220 g/mol. The van der Waals surface area contributed by atoms with Crippen LogP contribution in [0.1, 0.15) is 0 Å². The Morgan fingerprint density at radius 3 is 2.38 bits per heavy atom. The van der Waals surface area contributed by atoms with Gasteiger partial charge in [0.25, 0.3) is 0 Å². The van der Waals surface area contributed by atoms with E-state index in [0.717, 1.165) is 11.1 Å². The lowest BCUT2D eigenvalue weighted by Crippen LogP contribution is -1.95. The molecule has 0 fully saturated rings. The summed E-state index contributed by atoms with van der Waals surface area (Å²) in [4.78, 5) is 0.175. The largest absolute Gasteiger partial charge is 0.223 e. The molecular formula is C13H10O2S. The van der Waals surface area contributed by atoms with Crippen molar-refractivity contribution in [2.45, 2.75) is 4.90 Å². The van der Waals surface area contributed by atoms with Crippen molar-refractivity contribution in [3.8, 4) is 11.1 Å². The van der Waals surface area contributed by atoms with Crippen molar-refractivity contribution in [2.24, 2.45) is 0 Å². The maximum atomic E-state index is 11.4. The molecule has 0 saturated heterocycles. The molecule has 2 aromatic rings. The van der Waals surface area contributed by atoms with Crippen LogP contribution in [0.2, 0.25) is 0 Å². The van der Waals surface area contributed by atoms with E-state index in [2.05, 4.69) is 12.1 Å². The van der Waals surface area contributed by atoms with Crippen molar-refractivity contribution in [1.29, 1.82) is 0 Å². The minimum Gasteiger partial charge on any atom is -0.223 e. The molecule has 0 N–H and O–H groups in total. The summed E-state index contributed by atoms with van der Waals surface area (Å²) in [5.74, 6) is 0. The quantitative estimate of drug-likeness (QED) is 0.793. The van der Waals surface area contributed by atoms with Crippen molar-refractivity contribution in [2.75, 3.05) is 6.26 Å². The summed E-state index contributed by atoms with van der Waals surface area (Å²) < 4.78 is 22.7. The summed E-state index contributed by atoms with van der Waals surface area (Å²) in [6.07, 6.45) is 1.17. The molecule has 0 aromatic heterocycles. The zero-order valence-electron chi connectivity index (χ0n) is 8.77. The maximum Gasteiger partial charge on any atom is 0.183 e. The zero-order valence-corrected chi connectivity index (χ0v) is 9.58. The molecule has 0 amide bonds. The molecule has 0 spiro atoms. The van der Waals surface area contributed by atoms with Gasteiger partial charge in [0.15, 0.2) is 9.84 Å². The molecule has 0 radical (unpaired) electrons. The van der Waals surface area contributed by atoms with Crippen LogP contribution in [0.5, 0.6) is 0 Å². The van der Waals surface area contributed by atoms with Gasteiger partial charge in [-0.1, -0.05) is 36.4 Å². The average Bonchev–Trinajstić information content (AvgIpc) is 2.29. The van der Waals surface area contributed by atoms with Crippen molar-refractivity contribution in [3.63, 3.8) is 0 Å². The lowest BCUT2D eigenvalue weighted by Gasteiger charge is -2.00. The molecule has 0 bridgehead atoms. The van der Waals surface area contributed by atoms with Gasteiger partial charge in [0.2, 0.25) is 0 Å². The lowest BCUT2D eigenvalue weighted by molar-refractivity contribution is 0.602. The molecule has 0 aliphatic rings. The van der Waals surface area contributed by atoms with Gasteiger partial charge in [-0.25, -0.2) is 8.42 Å². The summed E-state index contributed by atoms with van der Waals surface area (Å²) >= 11 is 0. The van der Waals surface area contributed by atoms with Crippen LogP contribution >= 0.6 is 0 Å². The van der Waals surface area contributed by atoms with Gasteiger partial charge in [-0.2, -0.15) is 0 Å². The summed E-state index contributed by atoms with van der Waals surface area (Å²) in [6.45, 7) is 0. The molecule has 2 nitrogen and oxygen atoms in total. The van der Waals surface area contributed by atoms with E-state index in [-0.39, 0.29) is 4.90 Å². The predicted octanol–water partition coefficient (Wildman–Crippen LogP) is 2.36. The van der Waals surface area contributed by atoms with E-state index in [4.69, 9.17) is 0 Å². The van der Waals surface area contributed by atoms with E-state index >= 15 is 0 Å². The molecule has 0 heterocycles. The van der Waals surface area contributed by atoms with Crippen LogP contribution in [0.3, 0.4) is 0 Å². The standard InChI is InChI=1S/C13H10O2S/c1-16(14,15)13-9-5-8-12(10-13)11-6-3-2-4-7-11/h2-4,6-8,10H,1H3. The number of hydrogen-bond acceptors (Lipinski definition) is 2. The highest BCUT2D eigenvalue weighted by atomic mass is 32.2. The second-order valence-corrected chi connectivity index (χ2v) is 5.50. The Labute approximate surface area is 95.5 Å². The fourth-order valence-electron chi connectivity index (χ4n) is 1.40. The van der Waals surface area contributed by atoms with Crippen LogP contribution in [-0.4, -0.2) is 14.7 Å². The van der Waals surface area contributed by atoms with Gasteiger partial charge >= 0.3 is 0 Å². The Bertz CT molecular complexity index is 586. The van der Waals surface area contributed by atoms with Gasteiger partial charge in [0.05, 0.1) is 0 Å². The van der Waals surface area contributed by atoms with Crippen LogP contribution in [0.15, 0.2) is 47.4 Å². The first-order chi connectivity index (χ1) is 7.57. The Hall–Kier alpha value is -1.79. The number of rotatable bonds is 2. The minimum atomic E-state index is -3.22. The highest BCUT2D eigenvalue weighted by molar-refractivity contribution is 7.90. The van der Waals surface area contributed by atoms with Gasteiger partial charge in [-0.05, 0) is 29.3 Å². The molecule has 16 heavy (non-hydrogen) atoms. The molecule has 0 saturated carbocycles. The number of benzene rings is 1. The molecule has 0 atom stereocenters. The van der Waals surface area contributed by atoms with E-state index < -0.39 is 9.84 Å². The van der Waals surface area contributed by atoms with Crippen molar-refractivity contribution < 1.29 is 8.42 Å². The molecule has 2 aromatic carbocycles. The van der Waals surface area contributed by atoms with Gasteiger partial charge in [0.1, 0.15) is 4.90 Å². The maximum absolute atomic E-state index is 11.4. The number of sulfone groups is 1. The van der Waals surface area contributed by atoms with Crippen LogP contribution < -0.4 is 0 Å². The summed E-state index contributed by atoms with van der Waals surface area (Å²) in [7, 11) is -3.22. The summed E-state index contributed by atoms with van der Waals surface area (Å²) in [5.41, 5.74) is 1.80. The first-order valence-electron chi connectivity index (χ1n) is 4.76. The Balaban J connectivity index is 2.53. The molecule has 0 aliphatic heterocycles. The predicted molar refractivity (Wildman–Crippen MR) is 62.7 cm³/mol. The van der Waals surface area contributed by atoms with Gasteiger partial charge < -0.3 is 0 Å². The van der Waals surface area contributed by atoms with Crippen LogP contribution in [0, 0.1) is 12.1 Å². The van der Waals surface area contributed by atoms with Crippen molar-refractivity contribution in [1.82, 2.24) is 0 Å². The third kappa shape index (κ3) is 2.23. The molecule has 3 heteroatoms. The highest BCUT2D eigenvalue weighted by Gasteiger charge is 2.07. The topological polar surface area (TPSA) is 34.1 Å². The lowest BCUT2D eigenvalue weighted by atomic mass is 10.1. The second kappa shape index (κ2) is 3.99. The Kier molecular flexibility index (Phi) is 2.67. The molecule has 0 aliphatic carbocycles. The summed E-state index contributed by atoms with van der Waals surface area (Å²) in [5, 5.41) is 0. The van der Waals surface area contributed by atoms with E-state index in [9.17, 15) is 8.42 Å². The van der Waals surface area contributed by atoms with Gasteiger partial charge in [-0.3, -0.25) is 0 Å². The zero-order chi connectivity index (χ0) is 11.6. The second-order valence-electron chi connectivity index (χ2n) is 3.52.